The third-order valence-corrected chi connectivity index (χ3v) is 4.25. The Bertz CT molecular complexity index is 616. The summed E-state index contributed by atoms with van der Waals surface area (Å²) < 4.78 is 0. The molecule has 0 amide bonds. The van der Waals surface area contributed by atoms with E-state index in [1.165, 1.54) is 40.1 Å². The number of benzene rings is 1. The van der Waals surface area contributed by atoms with Crippen LogP contribution in [0.2, 0.25) is 0 Å². The Hall–Kier alpha value is -1.76. The molecule has 1 heterocycles. The topological polar surface area (TPSA) is 15.8 Å². The summed E-state index contributed by atoms with van der Waals surface area (Å²) in [7, 11) is 0. The fourth-order valence-corrected chi connectivity index (χ4v) is 2.53. The smallest absolute Gasteiger partial charge is 0.0462 e. The van der Waals surface area contributed by atoms with Gasteiger partial charge in [0, 0.05) is 11.4 Å². The highest BCUT2D eigenvalue weighted by Gasteiger charge is 2.09. The van der Waals surface area contributed by atoms with Crippen LogP contribution >= 0.6 is 0 Å². The first-order valence-corrected chi connectivity index (χ1v) is 7.50. The van der Waals surface area contributed by atoms with E-state index in [1.54, 1.807) is 0 Å². The van der Waals surface area contributed by atoms with Gasteiger partial charge in [0.1, 0.15) is 0 Å². The molecular formula is C19H25N. The van der Waals surface area contributed by atoms with Gasteiger partial charge in [-0.15, -0.1) is 0 Å². The van der Waals surface area contributed by atoms with Crippen molar-refractivity contribution in [2.75, 3.05) is 0 Å². The van der Waals surface area contributed by atoms with E-state index in [0.29, 0.717) is 5.92 Å². The molecule has 1 atom stereocenters. The van der Waals surface area contributed by atoms with E-state index in [9.17, 15) is 0 Å². The summed E-state index contributed by atoms with van der Waals surface area (Å²) in [4.78, 5) is 3.52. The molecule has 2 rings (SSSR count). The molecule has 0 spiro atoms. The van der Waals surface area contributed by atoms with Crippen LogP contribution in [-0.4, -0.2) is 4.98 Å². The van der Waals surface area contributed by atoms with Crippen LogP contribution in [0.4, 0.5) is 0 Å². The van der Waals surface area contributed by atoms with Gasteiger partial charge in [-0.3, -0.25) is 0 Å². The third-order valence-electron chi connectivity index (χ3n) is 4.25. The van der Waals surface area contributed by atoms with Crippen molar-refractivity contribution < 1.29 is 0 Å². The lowest BCUT2D eigenvalue weighted by atomic mass is 9.96. The predicted octanol–water partition coefficient (Wildman–Crippen LogP) is 5.93. The quantitative estimate of drug-likeness (QED) is 0.707. The molecule has 1 aromatic heterocycles. The number of aryl methyl sites for hydroxylation is 1. The number of nitrogens with one attached hydrogen (secondary N) is 1. The van der Waals surface area contributed by atoms with Gasteiger partial charge in [0.15, 0.2) is 0 Å². The fourth-order valence-electron chi connectivity index (χ4n) is 2.53. The van der Waals surface area contributed by atoms with Crippen LogP contribution < -0.4 is 0 Å². The summed E-state index contributed by atoms with van der Waals surface area (Å²) in [5.74, 6) is 0.614. The van der Waals surface area contributed by atoms with Crippen molar-refractivity contribution in [2.45, 2.75) is 47.0 Å². The number of aromatic amines is 1. The van der Waals surface area contributed by atoms with E-state index < -0.39 is 0 Å². The van der Waals surface area contributed by atoms with Crippen LogP contribution in [0.25, 0.3) is 16.8 Å². The van der Waals surface area contributed by atoms with Crippen molar-refractivity contribution in [1.82, 2.24) is 4.98 Å². The van der Waals surface area contributed by atoms with Crippen molar-refractivity contribution >= 4 is 5.57 Å². The zero-order valence-electron chi connectivity index (χ0n) is 13.2. The summed E-state index contributed by atoms with van der Waals surface area (Å²) in [5.41, 5.74) is 7.79. The summed E-state index contributed by atoms with van der Waals surface area (Å²) in [6.45, 7) is 10.9. The second-order valence-corrected chi connectivity index (χ2v) is 5.63. The highest BCUT2D eigenvalue weighted by atomic mass is 14.7. The Balaban J connectivity index is 2.42. The predicted molar refractivity (Wildman–Crippen MR) is 89.0 cm³/mol. The first-order valence-electron chi connectivity index (χ1n) is 7.50. The molecule has 0 aliphatic heterocycles. The van der Waals surface area contributed by atoms with Crippen molar-refractivity contribution in [3.05, 3.63) is 53.2 Å². The minimum atomic E-state index is 0.614. The minimum absolute atomic E-state index is 0.614. The number of rotatable bonds is 4. The van der Waals surface area contributed by atoms with E-state index in [1.807, 2.05) is 0 Å². The zero-order chi connectivity index (χ0) is 14.7. The standard InChI is InChI=1S/C19H25N/c1-6-13(3)16-9-8-10-17(11-16)19-12-18(14(4)7-2)15(5)20-19/h7-13,20H,6H2,1-5H3/b14-7-. The van der Waals surface area contributed by atoms with Gasteiger partial charge in [-0.2, -0.15) is 0 Å². The van der Waals surface area contributed by atoms with E-state index in [-0.39, 0.29) is 0 Å². The van der Waals surface area contributed by atoms with Crippen molar-refractivity contribution in [3.8, 4) is 11.3 Å². The number of hydrogen-bond acceptors (Lipinski definition) is 0. The maximum atomic E-state index is 3.52. The molecule has 1 N–H and O–H groups in total. The largest absolute Gasteiger partial charge is 0.358 e. The van der Waals surface area contributed by atoms with Crippen LogP contribution in [0.1, 0.15) is 56.9 Å². The zero-order valence-corrected chi connectivity index (χ0v) is 13.2. The van der Waals surface area contributed by atoms with Gasteiger partial charge in [-0.1, -0.05) is 38.1 Å². The molecule has 0 aliphatic rings. The van der Waals surface area contributed by atoms with Gasteiger partial charge in [-0.25, -0.2) is 0 Å². The Morgan fingerprint density at radius 3 is 2.70 bits per heavy atom. The molecule has 0 bridgehead atoms. The molecule has 1 aromatic carbocycles. The first kappa shape index (κ1) is 14.6. The average Bonchev–Trinajstić information content (AvgIpc) is 2.87. The van der Waals surface area contributed by atoms with Crippen LogP contribution in [0.3, 0.4) is 0 Å². The molecule has 106 valence electrons. The Kier molecular flexibility index (Phi) is 4.49. The SMILES string of the molecule is C/C=C(/C)c1cc(-c2cccc(C(C)CC)c2)[nH]c1C. The van der Waals surface area contributed by atoms with E-state index in [0.717, 1.165) is 0 Å². The highest BCUT2D eigenvalue weighted by Crippen LogP contribution is 2.28. The lowest BCUT2D eigenvalue weighted by molar-refractivity contribution is 0.734. The minimum Gasteiger partial charge on any atom is -0.358 e. The molecule has 0 aliphatic carbocycles. The average molecular weight is 267 g/mol. The summed E-state index contributed by atoms with van der Waals surface area (Å²) in [6, 6.07) is 11.2. The molecule has 1 heteroatoms. The van der Waals surface area contributed by atoms with Gasteiger partial charge in [0.2, 0.25) is 0 Å². The van der Waals surface area contributed by atoms with Crippen LogP contribution in [0.5, 0.6) is 0 Å². The fraction of sp³-hybridized carbons (Fsp3) is 0.368. The maximum absolute atomic E-state index is 3.52. The van der Waals surface area contributed by atoms with Gasteiger partial charge in [-0.05, 0) is 67.5 Å². The second kappa shape index (κ2) is 6.13. The number of hydrogen-bond donors (Lipinski definition) is 1. The van der Waals surface area contributed by atoms with E-state index >= 15 is 0 Å². The molecule has 0 saturated carbocycles. The molecule has 1 nitrogen and oxygen atoms in total. The molecule has 0 saturated heterocycles. The molecule has 0 fully saturated rings. The summed E-state index contributed by atoms with van der Waals surface area (Å²) in [5, 5.41) is 0. The van der Waals surface area contributed by atoms with Gasteiger partial charge in [0.25, 0.3) is 0 Å². The highest BCUT2D eigenvalue weighted by molar-refractivity contribution is 5.72. The second-order valence-electron chi connectivity index (χ2n) is 5.63. The van der Waals surface area contributed by atoms with Crippen molar-refractivity contribution in [3.63, 3.8) is 0 Å². The van der Waals surface area contributed by atoms with Crippen LogP contribution in [-0.2, 0) is 0 Å². The lowest BCUT2D eigenvalue weighted by Crippen LogP contribution is -1.91. The molecule has 2 aromatic rings. The number of H-pyrrole nitrogens is 1. The molecule has 0 radical (unpaired) electrons. The van der Waals surface area contributed by atoms with Crippen molar-refractivity contribution in [1.29, 1.82) is 0 Å². The molecule has 20 heavy (non-hydrogen) atoms. The Labute approximate surface area is 122 Å². The van der Waals surface area contributed by atoms with E-state index in [4.69, 9.17) is 0 Å². The monoisotopic (exact) mass is 267 g/mol. The Morgan fingerprint density at radius 1 is 1.30 bits per heavy atom. The van der Waals surface area contributed by atoms with Gasteiger partial charge in [0.05, 0.1) is 0 Å². The molecular weight excluding hydrogens is 242 g/mol. The van der Waals surface area contributed by atoms with Crippen LogP contribution in [0, 0.1) is 6.92 Å². The van der Waals surface area contributed by atoms with Gasteiger partial charge < -0.3 is 4.98 Å². The van der Waals surface area contributed by atoms with Crippen molar-refractivity contribution in [2.24, 2.45) is 0 Å². The van der Waals surface area contributed by atoms with E-state index in [2.05, 4.69) is 76.0 Å². The third kappa shape index (κ3) is 2.87. The summed E-state index contributed by atoms with van der Waals surface area (Å²) >= 11 is 0. The maximum Gasteiger partial charge on any atom is 0.0462 e. The number of allylic oxidation sites excluding steroid dienone is 2. The summed E-state index contributed by atoms with van der Waals surface area (Å²) in [6.07, 6.45) is 3.34. The first-order chi connectivity index (χ1) is 9.56. The number of aromatic nitrogens is 1. The normalized spacial score (nSPS) is 13.6. The Morgan fingerprint density at radius 2 is 2.05 bits per heavy atom. The molecule has 1 unspecified atom stereocenters. The van der Waals surface area contributed by atoms with Crippen LogP contribution in [0.15, 0.2) is 36.4 Å². The lowest BCUT2D eigenvalue weighted by Gasteiger charge is -2.10. The van der Waals surface area contributed by atoms with Gasteiger partial charge >= 0.3 is 0 Å².